The Balaban J connectivity index is 2.69. The van der Waals surface area contributed by atoms with Crippen LogP contribution in [0.25, 0.3) is 0 Å². The van der Waals surface area contributed by atoms with Crippen molar-refractivity contribution in [2.24, 2.45) is 5.73 Å². The van der Waals surface area contributed by atoms with Crippen LogP contribution in [0.2, 0.25) is 0 Å². The molecule has 10 nitrogen and oxygen atoms in total. The fourth-order valence-corrected chi connectivity index (χ4v) is 2.74. The first-order chi connectivity index (χ1) is 12.3. The van der Waals surface area contributed by atoms with Crippen LogP contribution in [0.5, 0.6) is 0 Å². The van der Waals surface area contributed by atoms with Crippen LogP contribution in [0, 0.1) is 0 Å². The standard InChI is InChI=1S/C16H28N4O6/c17-8-2-1-4-12(16(25)26)20-15(24)11(6-7-13(21)22)19-14(23)10-5-3-9-18-10/h10-12,18H,1-9,17H2,(H,19,23)(H,20,24)(H,21,22)(H,25,26). The van der Waals surface area contributed by atoms with E-state index in [9.17, 15) is 24.3 Å². The molecule has 1 rings (SSSR count). The molecule has 1 aliphatic rings. The molecule has 0 aliphatic carbocycles. The molecular formula is C16H28N4O6. The van der Waals surface area contributed by atoms with Gasteiger partial charge in [0.05, 0.1) is 6.04 Å². The van der Waals surface area contributed by atoms with Gasteiger partial charge in [-0.3, -0.25) is 14.4 Å². The van der Waals surface area contributed by atoms with E-state index in [1.165, 1.54) is 0 Å². The Morgan fingerprint density at radius 1 is 1.08 bits per heavy atom. The van der Waals surface area contributed by atoms with Gasteiger partial charge in [0.1, 0.15) is 12.1 Å². The molecule has 10 heteroatoms. The Kier molecular flexibility index (Phi) is 9.60. The maximum Gasteiger partial charge on any atom is 0.326 e. The lowest BCUT2D eigenvalue weighted by molar-refractivity contribution is -0.143. The summed E-state index contributed by atoms with van der Waals surface area (Å²) >= 11 is 0. The zero-order valence-electron chi connectivity index (χ0n) is 14.7. The second-order valence-corrected chi connectivity index (χ2v) is 6.33. The highest BCUT2D eigenvalue weighted by atomic mass is 16.4. The molecule has 1 heterocycles. The zero-order valence-corrected chi connectivity index (χ0v) is 14.7. The molecule has 0 aromatic heterocycles. The van der Waals surface area contributed by atoms with Gasteiger partial charge in [-0.25, -0.2) is 4.79 Å². The average Bonchev–Trinajstić information content (AvgIpc) is 3.11. The molecule has 0 bridgehead atoms. The van der Waals surface area contributed by atoms with Crippen LogP contribution in [0.3, 0.4) is 0 Å². The van der Waals surface area contributed by atoms with Crippen LogP contribution in [0.15, 0.2) is 0 Å². The third kappa shape index (κ3) is 7.79. The molecule has 0 radical (unpaired) electrons. The van der Waals surface area contributed by atoms with Crippen molar-refractivity contribution in [3.63, 3.8) is 0 Å². The molecule has 0 saturated carbocycles. The molecule has 26 heavy (non-hydrogen) atoms. The van der Waals surface area contributed by atoms with Crippen LogP contribution in [0.4, 0.5) is 0 Å². The Labute approximate surface area is 151 Å². The summed E-state index contributed by atoms with van der Waals surface area (Å²) in [5, 5.41) is 26.0. The number of hydrogen-bond donors (Lipinski definition) is 6. The van der Waals surface area contributed by atoms with Crippen LogP contribution in [0.1, 0.15) is 44.9 Å². The number of carboxylic acid groups (broad SMARTS) is 2. The monoisotopic (exact) mass is 372 g/mol. The van der Waals surface area contributed by atoms with E-state index in [0.717, 1.165) is 6.42 Å². The van der Waals surface area contributed by atoms with Gasteiger partial charge in [0, 0.05) is 6.42 Å². The lowest BCUT2D eigenvalue weighted by atomic mass is 10.1. The predicted molar refractivity (Wildman–Crippen MR) is 92.3 cm³/mol. The van der Waals surface area contributed by atoms with Crippen LogP contribution >= 0.6 is 0 Å². The summed E-state index contributed by atoms with van der Waals surface area (Å²) in [6, 6.07) is -2.63. The van der Waals surface area contributed by atoms with Gasteiger partial charge >= 0.3 is 11.9 Å². The van der Waals surface area contributed by atoms with Crippen molar-refractivity contribution in [2.45, 2.75) is 63.1 Å². The molecule has 3 atom stereocenters. The van der Waals surface area contributed by atoms with Crippen molar-refractivity contribution in [2.75, 3.05) is 13.1 Å². The molecule has 2 amide bonds. The first-order valence-corrected chi connectivity index (χ1v) is 8.84. The average molecular weight is 372 g/mol. The van der Waals surface area contributed by atoms with Crippen molar-refractivity contribution in [1.29, 1.82) is 0 Å². The smallest absolute Gasteiger partial charge is 0.326 e. The molecule has 0 aromatic rings. The zero-order chi connectivity index (χ0) is 19.5. The van der Waals surface area contributed by atoms with Gasteiger partial charge in [-0.2, -0.15) is 0 Å². The highest BCUT2D eigenvalue weighted by Crippen LogP contribution is 2.08. The number of carbonyl (C=O) groups is 4. The number of carboxylic acids is 2. The summed E-state index contributed by atoms with van der Waals surface area (Å²) < 4.78 is 0. The van der Waals surface area contributed by atoms with Crippen molar-refractivity contribution in [3.05, 3.63) is 0 Å². The van der Waals surface area contributed by atoms with Crippen molar-refractivity contribution in [1.82, 2.24) is 16.0 Å². The molecule has 7 N–H and O–H groups in total. The molecular weight excluding hydrogens is 344 g/mol. The van der Waals surface area contributed by atoms with Gasteiger partial charge < -0.3 is 31.9 Å². The van der Waals surface area contributed by atoms with E-state index in [0.29, 0.717) is 32.4 Å². The van der Waals surface area contributed by atoms with Crippen LogP contribution < -0.4 is 21.7 Å². The van der Waals surface area contributed by atoms with Crippen molar-refractivity contribution < 1.29 is 29.4 Å². The van der Waals surface area contributed by atoms with Gasteiger partial charge in [-0.15, -0.1) is 0 Å². The first kappa shape index (κ1) is 21.8. The number of aliphatic carboxylic acids is 2. The summed E-state index contributed by atoms with van der Waals surface area (Å²) in [7, 11) is 0. The van der Waals surface area contributed by atoms with E-state index in [2.05, 4.69) is 16.0 Å². The molecule has 0 spiro atoms. The Morgan fingerprint density at radius 3 is 2.35 bits per heavy atom. The SMILES string of the molecule is NCCCCC(NC(=O)C(CCC(=O)O)NC(=O)C1CCCN1)C(=O)O. The number of amides is 2. The number of carbonyl (C=O) groups excluding carboxylic acids is 2. The maximum atomic E-state index is 12.4. The molecule has 1 aliphatic heterocycles. The quantitative estimate of drug-likeness (QED) is 0.232. The Bertz CT molecular complexity index is 507. The third-order valence-electron chi connectivity index (χ3n) is 4.22. The van der Waals surface area contributed by atoms with E-state index in [1.807, 2.05) is 0 Å². The third-order valence-corrected chi connectivity index (χ3v) is 4.22. The second kappa shape index (κ2) is 11.4. The fraction of sp³-hybridized carbons (Fsp3) is 0.750. The van der Waals surface area contributed by atoms with E-state index >= 15 is 0 Å². The maximum absolute atomic E-state index is 12.4. The molecule has 148 valence electrons. The largest absolute Gasteiger partial charge is 0.481 e. The highest BCUT2D eigenvalue weighted by molar-refractivity contribution is 5.92. The van der Waals surface area contributed by atoms with Gasteiger partial charge in [0.2, 0.25) is 11.8 Å². The van der Waals surface area contributed by atoms with Gasteiger partial charge in [-0.05, 0) is 51.6 Å². The van der Waals surface area contributed by atoms with Crippen LogP contribution in [-0.4, -0.2) is 65.2 Å². The fourth-order valence-electron chi connectivity index (χ4n) is 2.74. The molecule has 3 unspecified atom stereocenters. The molecule has 0 aromatic carbocycles. The summed E-state index contributed by atoms with van der Waals surface area (Å²) in [5.41, 5.74) is 5.38. The minimum atomic E-state index is -1.18. The lowest BCUT2D eigenvalue weighted by Crippen LogP contribution is -2.54. The van der Waals surface area contributed by atoms with E-state index < -0.39 is 36.0 Å². The summed E-state index contributed by atoms with van der Waals surface area (Å²) in [5.74, 6) is -3.37. The number of nitrogens with two attached hydrogens (primary N) is 1. The Hall–Kier alpha value is -2.20. The van der Waals surface area contributed by atoms with E-state index in [1.54, 1.807) is 0 Å². The Morgan fingerprint density at radius 2 is 1.81 bits per heavy atom. The summed E-state index contributed by atoms with van der Waals surface area (Å²) in [6.07, 6.45) is 2.42. The molecule has 1 saturated heterocycles. The highest BCUT2D eigenvalue weighted by Gasteiger charge is 2.30. The van der Waals surface area contributed by atoms with E-state index in [-0.39, 0.29) is 25.2 Å². The van der Waals surface area contributed by atoms with Crippen molar-refractivity contribution >= 4 is 23.8 Å². The topological polar surface area (TPSA) is 171 Å². The number of unbranched alkanes of at least 4 members (excludes halogenated alkanes) is 1. The van der Waals surface area contributed by atoms with E-state index in [4.69, 9.17) is 10.8 Å². The predicted octanol–water partition coefficient (Wildman–Crippen LogP) is -1.21. The first-order valence-electron chi connectivity index (χ1n) is 8.84. The number of nitrogens with one attached hydrogen (secondary N) is 3. The minimum absolute atomic E-state index is 0.116. The van der Waals surface area contributed by atoms with Crippen molar-refractivity contribution in [3.8, 4) is 0 Å². The van der Waals surface area contributed by atoms with Gasteiger partial charge in [-0.1, -0.05) is 0 Å². The normalized spacial score (nSPS) is 18.7. The minimum Gasteiger partial charge on any atom is -0.481 e. The lowest BCUT2D eigenvalue weighted by Gasteiger charge is -2.22. The molecule has 1 fully saturated rings. The number of rotatable bonds is 12. The van der Waals surface area contributed by atoms with Gasteiger partial charge in [0.25, 0.3) is 0 Å². The summed E-state index contributed by atoms with van der Waals surface area (Å²) in [4.78, 5) is 46.8. The summed E-state index contributed by atoms with van der Waals surface area (Å²) in [6.45, 7) is 1.12. The van der Waals surface area contributed by atoms with Crippen LogP contribution in [-0.2, 0) is 19.2 Å². The van der Waals surface area contributed by atoms with Gasteiger partial charge in [0.15, 0.2) is 0 Å². The second-order valence-electron chi connectivity index (χ2n) is 6.33. The number of hydrogen-bond acceptors (Lipinski definition) is 6.